The molecule has 4 aliphatic rings. The van der Waals surface area contributed by atoms with Crippen molar-refractivity contribution >= 4 is 23.5 Å². The van der Waals surface area contributed by atoms with Crippen molar-refractivity contribution in [3.05, 3.63) is 47.5 Å². The van der Waals surface area contributed by atoms with E-state index >= 15 is 0 Å². The van der Waals surface area contributed by atoms with Crippen molar-refractivity contribution in [1.29, 1.82) is 0 Å². The maximum absolute atomic E-state index is 14.2. The van der Waals surface area contributed by atoms with Gasteiger partial charge in [0.25, 0.3) is 5.91 Å². The summed E-state index contributed by atoms with van der Waals surface area (Å²) in [5.74, 6) is 0.0733. The number of hydrogen-bond acceptors (Lipinski definition) is 10. The van der Waals surface area contributed by atoms with Gasteiger partial charge in [0.2, 0.25) is 5.91 Å². The number of amides is 2. The molecule has 6 rings (SSSR count). The molecule has 0 radical (unpaired) electrons. The lowest BCUT2D eigenvalue weighted by Gasteiger charge is -2.62. The average molecular weight is 723 g/mol. The van der Waals surface area contributed by atoms with Gasteiger partial charge in [0.1, 0.15) is 30.0 Å². The van der Waals surface area contributed by atoms with Crippen molar-refractivity contribution in [1.82, 2.24) is 15.7 Å². The highest BCUT2D eigenvalue weighted by Gasteiger charge is 2.57. The van der Waals surface area contributed by atoms with Crippen LogP contribution >= 0.6 is 0 Å². The first kappa shape index (κ1) is 39.5. The number of rotatable bonds is 12. The predicted octanol–water partition coefficient (Wildman–Crippen LogP) is 4.16. The van der Waals surface area contributed by atoms with Crippen LogP contribution in [-0.2, 0) is 25.7 Å². The summed E-state index contributed by atoms with van der Waals surface area (Å²) in [5, 5.41) is 28.8. The average Bonchev–Trinajstić information content (AvgIpc) is 3.45. The summed E-state index contributed by atoms with van der Waals surface area (Å²) in [7, 11) is 5.31. The zero-order valence-electron chi connectivity index (χ0n) is 32.4. The van der Waals surface area contributed by atoms with Crippen LogP contribution in [0.4, 0.5) is 5.69 Å². The van der Waals surface area contributed by atoms with Crippen LogP contribution in [-0.4, -0.2) is 97.3 Å². The van der Waals surface area contributed by atoms with E-state index in [0.717, 1.165) is 12.1 Å². The Bertz CT molecular complexity index is 1640. The van der Waals surface area contributed by atoms with E-state index in [9.17, 15) is 24.6 Å². The monoisotopic (exact) mass is 722 g/mol. The van der Waals surface area contributed by atoms with E-state index < -0.39 is 41.6 Å². The van der Waals surface area contributed by atoms with Crippen LogP contribution in [0.3, 0.4) is 0 Å². The quantitative estimate of drug-likeness (QED) is 0.235. The van der Waals surface area contributed by atoms with Gasteiger partial charge in [0.05, 0.1) is 26.4 Å². The number of anilines is 1. The third-order valence-electron chi connectivity index (χ3n) is 11.5. The maximum atomic E-state index is 14.2. The van der Waals surface area contributed by atoms with Crippen molar-refractivity contribution < 1.29 is 38.9 Å². The highest BCUT2D eigenvalue weighted by atomic mass is 16.7. The Morgan fingerprint density at radius 3 is 2.42 bits per heavy atom. The van der Waals surface area contributed by atoms with Crippen LogP contribution in [0, 0.1) is 29.1 Å². The van der Waals surface area contributed by atoms with Crippen LogP contribution in [0.1, 0.15) is 77.2 Å². The van der Waals surface area contributed by atoms with Gasteiger partial charge in [-0.1, -0.05) is 39.0 Å². The number of para-hydroxylation sites is 1. The lowest BCUT2D eigenvalue weighted by atomic mass is 9.45. The van der Waals surface area contributed by atoms with E-state index in [4.69, 9.17) is 14.3 Å². The minimum atomic E-state index is -0.920. The molecule has 3 aliphatic carbocycles. The molecule has 0 aromatic heterocycles. The number of nitrogens with one attached hydrogen (secondary N) is 2. The summed E-state index contributed by atoms with van der Waals surface area (Å²) in [5.41, 5.74) is 2.82. The predicted molar refractivity (Wildman–Crippen MR) is 198 cm³/mol. The molecule has 1 saturated heterocycles. The Morgan fingerprint density at radius 1 is 1.13 bits per heavy atom. The molecular weight excluding hydrogens is 664 g/mol. The van der Waals surface area contributed by atoms with Crippen molar-refractivity contribution in [3.63, 3.8) is 0 Å². The van der Waals surface area contributed by atoms with E-state index in [1.807, 2.05) is 43.3 Å². The molecule has 1 heterocycles. The molecule has 2 aromatic rings. The summed E-state index contributed by atoms with van der Waals surface area (Å²) in [6.45, 7) is 13.3. The normalized spacial score (nSPS) is 27.3. The van der Waals surface area contributed by atoms with Crippen molar-refractivity contribution in [2.24, 2.45) is 29.1 Å². The van der Waals surface area contributed by atoms with Crippen LogP contribution in [0.2, 0.25) is 0 Å². The number of fused-ring (bicyclic) bond motifs is 2. The number of aliphatic hydroxyl groups excluding tert-OH is 2. The second-order valence-corrected chi connectivity index (χ2v) is 16.7. The molecule has 0 spiro atoms. The summed E-state index contributed by atoms with van der Waals surface area (Å²) >= 11 is 0. The highest BCUT2D eigenvalue weighted by molar-refractivity contribution is 5.98. The fourth-order valence-electron chi connectivity index (χ4n) is 8.62. The number of carbonyl (C=O) groups is 3. The van der Waals surface area contributed by atoms with Gasteiger partial charge in [-0.05, 0) is 87.5 Å². The molecule has 1 aliphatic heterocycles. The molecule has 2 bridgehead atoms. The van der Waals surface area contributed by atoms with E-state index in [1.54, 1.807) is 52.0 Å². The Kier molecular flexibility index (Phi) is 11.6. The third kappa shape index (κ3) is 8.10. The van der Waals surface area contributed by atoms with E-state index in [1.165, 1.54) is 6.42 Å². The van der Waals surface area contributed by atoms with Crippen LogP contribution < -0.4 is 20.3 Å². The van der Waals surface area contributed by atoms with Gasteiger partial charge in [0.15, 0.2) is 0 Å². The molecule has 4 N–H and O–H groups in total. The lowest BCUT2D eigenvalue weighted by Crippen LogP contribution is -2.62. The van der Waals surface area contributed by atoms with E-state index in [2.05, 4.69) is 31.4 Å². The number of nitrogens with zero attached hydrogens (tertiary/aromatic N) is 2. The molecule has 12 nitrogen and oxygen atoms in total. The Hall–Kier alpha value is -3.71. The van der Waals surface area contributed by atoms with Gasteiger partial charge in [0, 0.05) is 48.4 Å². The first-order valence-electron chi connectivity index (χ1n) is 18.4. The lowest BCUT2D eigenvalue weighted by molar-refractivity contribution is -0.183. The number of hydrogen-bond donors (Lipinski definition) is 4. The fraction of sp³-hybridized carbons (Fsp3) is 0.625. The van der Waals surface area contributed by atoms with E-state index in [-0.39, 0.29) is 37.1 Å². The number of hydroxylamine groups is 2. The zero-order valence-corrected chi connectivity index (χ0v) is 32.4. The van der Waals surface area contributed by atoms with Gasteiger partial charge in [-0.25, -0.2) is 0 Å². The van der Waals surface area contributed by atoms with Crippen molar-refractivity contribution in [2.75, 3.05) is 39.3 Å². The zero-order chi connectivity index (χ0) is 38.3. The molecule has 3 saturated carbocycles. The second-order valence-electron chi connectivity index (χ2n) is 16.7. The van der Waals surface area contributed by atoms with Crippen molar-refractivity contribution in [3.8, 4) is 16.9 Å². The molecule has 8 atom stereocenters. The number of carbonyl (C=O) groups excluding carboxylic acids is 3. The van der Waals surface area contributed by atoms with Crippen LogP contribution in [0.25, 0.3) is 11.1 Å². The Balaban J connectivity index is 1.42. The van der Waals surface area contributed by atoms with Crippen molar-refractivity contribution in [2.45, 2.75) is 97.7 Å². The van der Waals surface area contributed by atoms with Crippen LogP contribution in [0.5, 0.6) is 5.75 Å². The van der Waals surface area contributed by atoms with E-state index in [0.29, 0.717) is 45.8 Å². The number of esters is 1. The topological polar surface area (TPSA) is 150 Å². The largest absolute Gasteiger partial charge is 0.496 e. The molecule has 4 fully saturated rings. The standard InChI is InChI=1S/C40H58N4O8/c1-22-30-17-27(40(30,6)7)18-31(22)42-38(49)35-34(23(2)46)32(21-45)52-44(35)20-24-12-11-13-29(36(24)50-10)25-14-26(16-28(15-25)43(8)9)37(48)41-19-33(47)51-39(3,4)5/h11-16,22-23,27,30-32,34-35,45-46H,17-21H2,1-10H3,(H,41,48)(H,42,49)/t22-,23-,27+,30-,31-,32-,34-,35-/m0/s1. The molecular formula is C40H58N4O8. The molecule has 52 heavy (non-hydrogen) atoms. The SMILES string of the molecule is COc1c(CN2O[C@@H](CO)[C@H]([C@H](C)O)[C@H]2C(=O)N[C@H]2C[C@H]3C[C@@H]([C@@H]2C)C3(C)C)cccc1-c1cc(C(=O)NCC(=O)OC(C)(C)C)cc(N(C)C)c1. The summed E-state index contributed by atoms with van der Waals surface area (Å²) in [6, 6.07) is 10.2. The first-order valence-corrected chi connectivity index (χ1v) is 18.4. The Labute approximate surface area is 308 Å². The number of benzene rings is 2. The number of ether oxygens (including phenoxy) is 2. The first-order chi connectivity index (χ1) is 24.4. The molecule has 0 unspecified atom stereocenters. The molecule has 12 heteroatoms. The second kappa shape index (κ2) is 15.3. The summed E-state index contributed by atoms with van der Waals surface area (Å²) < 4.78 is 11.3. The number of aliphatic hydroxyl groups is 2. The molecule has 286 valence electrons. The smallest absolute Gasteiger partial charge is 0.325 e. The molecule has 2 aromatic carbocycles. The van der Waals surface area contributed by atoms with Gasteiger partial charge >= 0.3 is 5.97 Å². The highest BCUT2D eigenvalue weighted by Crippen LogP contribution is 2.61. The Morgan fingerprint density at radius 2 is 1.85 bits per heavy atom. The van der Waals surface area contributed by atoms with Gasteiger partial charge < -0.3 is 35.2 Å². The fourth-order valence-corrected chi connectivity index (χ4v) is 8.62. The number of methoxy groups -OCH3 is 1. The summed E-state index contributed by atoms with van der Waals surface area (Å²) in [6.07, 6.45) is 0.402. The minimum absolute atomic E-state index is 0.0197. The maximum Gasteiger partial charge on any atom is 0.325 e. The van der Waals surface area contributed by atoms with Crippen LogP contribution in [0.15, 0.2) is 36.4 Å². The molecule has 2 amide bonds. The third-order valence-corrected chi connectivity index (χ3v) is 11.5. The van der Waals surface area contributed by atoms with Gasteiger partial charge in [-0.15, -0.1) is 0 Å². The summed E-state index contributed by atoms with van der Waals surface area (Å²) in [4.78, 5) is 47.9. The minimum Gasteiger partial charge on any atom is -0.496 e. The van der Waals surface area contributed by atoms with Gasteiger partial charge in [-0.2, -0.15) is 5.06 Å². The van der Waals surface area contributed by atoms with Gasteiger partial charge in [-0.3, -0.25) is 19.2 Å².